The third-order valence-corrected chi connectivity index (χ3v) is 2.80. The van der Waals surface area contributed by atoms with E-state index in [0.29, 0.717) is 5.52 Å². The van der Waals surface area contributed by atoms with Crippen molar-refractivity contribution >= 4 is 16.9 Å². The smallest absolute Gasteiger partial charge is 0.339 e. The molecule has 1 unspecified atom stereocenters. The molecule has 0 saturated heterocycles. The zero-order valence-electron chi connectivity index (χ0n) is 10.2. The number of esters is 1. The van der Waals surface area contributed by atoms with Gasteiger partial charge in [-0.25, -0.2) is 9.18 Å². The molecular weight excluding hydrogens is 237 g/mol. The van der Waals surface area contributed by atoms with E-state index in [2.05, 4.69) is 0 Å². The molecule has 0 amide bonds. The van der Waals surface area contributed by atoms with Crippen LogP contribution >= 0.6 is 0 Å². The molecule has 96 valence electrons. The Morgan fingerprint density at radius 3 is 2.94 bits per heavy atom. The normalized spacial score (nSPS) is 12.7. The number of hydrogen-bond acceptors (Lipinski definition) is 3. The Kier molecular flexibility index (Phi) is 3.34. The minimum atomic E-state index is -1.47. The number of aromatic nitrogens is 1. The van der Waals surface area contributed by atoms with Gasteiger partial charge in [0.2, 0.25) is 0 Å². The molecule has 0 fully saturated rings. The van der Waals surface area contributed by atoms with Gasteiger partial charge in [0, 0.05) is 24.2 Å². The van der Waals surface area contributed by atoms with Gasteiger partial charge in [0.05, 0.1) is 12.1 Å². The SMILES string of the molecule is CCOC(=O)C(O)c1cn(C)c2cccc(F)c12. The molecule has 1 atom stereocenters. The highest BCUT2D eigenvalue weighted by molar-refractivity contribution is 5.90. The number of fused-ring (bicyclic) bond motifs is 1. The van der Waals surface area contributed by atoms with E-state index in [-0.39, 0.29) is 17.6 Å². The first-order valence-corrected chi connectivity index (χ1v) is 5.64. The second kappa shape index (κ2) is 4.78. The first kappa shape index (κ1) is 12.6. The molecule has 5 heteroatoms. The molecule has 2 aromatic rings. The highest BCUT2D eigenvalue weighted by atomic mass is 19.1. The van der Waals surface area contributed by atoms with Crippen LogP contribution in [0.4, 0.5) is 4.39 Å². The average molecular weight is 251 g/mol. The van der Waals surface area contributed by atoms with Crippen molar-refractivity contribution in [2.24, 2.45) is 7.05 Å². The van der Waals surface area contributed by atoms with E-state index in [1.807, 2.05) is 0 Å². The van der Waals surface area contributed by atoms with Crippen LogP contribution in [0, 0.1) is 5.82 Å². The predicted octanol–water partition coefficient (Wildman–Crippen LogP) is 1.91. The molecule has 1 aromatic carbocycles. The largest absolute Gasteiger partial charge is 0.464 e. The van der Waals surface area contributed by atoms with Crippen molar-refractivity contribution < 1.29 is 19.0 Å². The Morgan fingerprint density at radius 2 is 2.28 bits per heavy atom. The van der Waals surface area contributed by atoms with E-state index in [0.717, 1.165) is 0 Å². The molecule has 1 aromatic heterocycles. The number of carbonyl (C=O) groups is 1. The lowest BCUT2D eigenvalue weighted by molar-refractivity contribution is -0.153. The molecule has 0 bridgehead atoms. The first-order valence-electron chi connectivity index (χ1n) is 5.64. The van der Waals surface area contributed by atoms with E-state index < -0.39 is 17.9 Å². The second-order valence-corrected chi connectivity index (χ2v) is 3.98. The van der Waals surface area contributed by atoms with Crippen LogP contribution < -0.4 is 0 Å². The molecule has 0 saturated carbocycles. The lowest BCUT2D eigenvalue weighted by atomic mass is 10.1. The Bertz CT molecular complexity index is 591. The summed E-state index contributed by atoms with van der Waals surface area (Å²) >= 11 is 0. The molecule has 0 radical (unpaired) electrons. The van der Waals surface area contributed by atoms with Crippen LogP contribution in [0.15, 0.2) is 24.4 Å². The number of carbonyl (C=O) groups excluding carboxylic acids is 1. The molecule has 0 aliphatic heterocycles. The van der Waals surface area contributed by atoms with Crippen molar-refractivity contribution in [3.8, 4) is 0 Å². The maximum absolute atomic E-state index is 13.8. The van der Waals surface area contributed by atoms with Crippen LogP contribution in [0.2, 0.25) is 0 Å². The van der Waals surface area contributed by atoms with Gasteiger partial charge in [-0.1, -0.05) is 6.07 Å². The van der Waals surface area contributed by atoms with Gasteiger partial charge in [-0.15, -0.1) is 0 Å². The summed E-state index contributed by atoms with van der Waals surface area (Å²) in [4.78, 5) is 11.5. The van der Waals surface area contributed by atoms with Gasteiger partial charge in [0.1, 0.15) is 5.82 Å². The molecule has 0 spiro atoms. The monoisotopic (exact) mass is 251 g/mol. The lowest BCUT2D eigenvalue weighted by Crippen LogP contribution is -2.15. The summed E-state index contributed by atoms with van der Waals surface area (Å²) in [6.45, 7) is 1.82. The number of aliphatic hydroxyl groups is 1. The van der Waals surface area contributed by atoms with Crippen LogP contribution in [0.1, 0.15) is 18.6 Å². The summed E-state index contributed by atoms with van der Waals surface area (Å²) < 4.78 is 20.2. The number of hydrogen-bond donors (Lipinski definition) is 1. The van der Waals surface area contributed by atoms with E-state index in [4.69, 9.17) is 4.74 Å². The maximum atomic E-state index is 13.8. The van der Waals surface area contributed by atoms with Crippen LogP contribution in [-0.2, 0) is 16.6 Å². The van der Waals surface area contributed by atoms with E-state index in [9.17, 15) is 14.3 Å². The lowest BCUT2D eigenvalue weighted by Gasteiger charge is -2.08. The summed E-state index contributed by atoms with van der Waals surface area (Å²) in [7, 11) is 1.73. The standard InChI is InChI=1S/C13H14FNO3/c1-3-18-13(17)12(16)8-7-15(2)10-6-4-5-9(14)11(8)10/h4-7,12,16H,3H2,1-2H3. The Morgan fingerprint density at radius 1 is 1.56 bits per heavy atom. The number of rotatable bonds is 3. The molecular formula is C13H14FNO3. The Labute approximate surface area is 104 Å². The quantitative estimate of drug-likeness (QED) is 0.848. The highest BCUT2D eigenvalue weighted by Crippen LogP contribution is 2.28. The molecule has 1 heterocycles. The van der Waals surface area contributed by atoms with Crippen molar-refractivity contribution in [2.45, 2.75) is 13.0 Å². The van der Waals surface area contributed by atoms with Crippen LogP contribution in [-0.4, -0.2) is 22.2 Å². The number of benzene rings is 1. The van der Waals surface area contributed by atoms with Crippen LogP contribution in [0.3, 0.4) is 0 Å². The molecule has 0 aliphatic rings. The summed E-state index contributed by atoms with van der Waals surface area (Å²) in [5, 5.41) is 10.2. The Hall–Kier alpha value is -1.88. The van der Waals surface area contributed by atoms with Gasteiger partial charge in [0.15, 0.2) is 6.10 Å². The highest BCUT2D eigenvalue weighted by Gasteiger charge is 2.24. The van der Waals surface area contributed by atoms with Crippen LogP contribution in [0.25, 0.3) is 10.9 Å². The van der Waals surface area contributed by atoms with Crippen molar-refractivity contribution in [2.75, 3.05) is 6.61 Å². The van der Waals surface area contributed by atoms with E-state index in [1.165, 1.54) is 12.3 Å². The van der Waals surface area contributed by atoms with Crippen molar-refractivity contribution in [3.63, 3.8) is 0 Å². The van der Waals surface area contributed by atoms with Gasteiger partial charge in [0.25, 0.3) is 0 Å². The first-order chi connectivity index (χ1) is 8.56. The number of aryl methyl sites for hydroxylation is 1. The molecule has 0 aliphatic carbocycles. The minimum Gasteiger partial charge on any atom is -0.464 e. The number of nitrogens with zero attached hydrogens (tertiary/aromatic N) is 1. The van der Waals surface area contributed by atoms with Crippen LogP contribution in [0.5, 0.6) is 0 Å². The topological polar surface area (TPSA) is 51.5 Å². The fourth-order valence-corrected chi connectivity index (χ4v) is 1.99. The predicted molar refractivity (Wildman–Crippen MR) is 64.5 cm³/mol. The van der Waals surface area contributed by atoms with Crippen molar-refractivity contribution in [1.29, 1.82) is 0 Å². The van der Waals surface area contributed by atoms with E-state index in [1.54, 1.807) is 30.7 Å². The average Bonchev–Trinajstić information content (AvgIpc) is 2.68. The second-order valence-electron chi connectivity index (χ2n) is 3.98. The van der Waals surface area contributed by atoms with Gasteiger partial charge in [-0.3, -0.25) is 0 Å². The van der Waals surface area contributed by atoms with Gasteiger partial charge >= 0.3 is 5.97 Å². The Balaban J connectivity index is 2.54. The van der Waals surface area contributed by atoms with Crippen molar-refractivity contribution in [1.82, 2.24) is 4.57 Å². The zero-order chi connectivity index (χ0) is 13.3. The van der Waals surface area contributed by atoms with Gasteiger partial charge in [-0.05, 0) is 19.1 Å². The summed E-state index contributed by atoms with van der Waals surface area (Å²) in [5.74, 6) is -1.24. The number of ether oxygens (including phenoxy) is 1. The summed E-state index contributed by atoms with van der Waals surface area (Å²) in [5.41, 5.74) is 0.845. The summed E-state index contributed by atoms with van der Waals surface area (Å²) in [6.07, 6.45) is 0.0700. The molecule has 2 rings (SSSR count). The third-order valence-electron chi connectivity index (χ3n) is 2.80. The third kappa shape index (κ3) is 1.97. The van der Waals surface area contributed by atoms with Gasteiger partial charge < -0.3 is 14.4 Å². The number of halogens is 1. The molecule has 18 heavy (non-hydrogen) atoms. The zero-order valence-corrected chi connectivity index (χ0v) is 10.2. The van der Waals surface area contributed by atoms with Crippen molar-refractivity contribution in [3.05, 3.63) is 35.8 Å². The fourth-order valence-electron chi connectivity index (χ4n) is 1.99. The van der Waals surface area contributed by atoms with E-state index >= 15 is 0 Å². The summed E-state index contributed by atoms with van der Waals surface area (Å²) in [6, 6.07) is 4.60. The fraction of sp³-hybridized carbons (Fsp3) is 0.308. The molecule has 4 nitrogen and oxygen atoms in total. The number of aliphatic hydroxyl groups excluding tert-OH is 1. The molecule has 1 N–H and O–H groups in total. The maximum Gasteiger partial charge on any atom is 0.339 e. The van der Waals surface area contributed by atoms with Gasteiger partial charge in [-0.2, -0.15) is 0 Å². The minimum absolute atomic E-state index is 0.170.